The molecule has 1 aliphatic rings. The van der Waals surface area contributed by atoms with E-state index in [1.54, 1.807) is 6.08 Å². The number of thiophene rings is 1. The number of benzene rings is 1. The van der Waals surface area contributed by atoms with E-state index in [0.717, 1.165) is 46.9 Å². The SMILES string of the molecule is [C-]#[N+]/C(C#N)=C\c1sc(N2CCCC2)c([N+]#[C-])c1-c1ccccc1. The van der Waals surface area contributed by atoms with Crippen LogP contribution in [0.25, 0.3) is 26.9 Å². The second-order valence-electron chi connectivity index (χ2n) is 5.42. The lowest BCUT2D eigenvalue weighted by atomic mass is 10.0. The van der Waals surface area contributed by atoms with Crippen molar-refractivity contribution in [3.05, 3.63) is 63.7 Å². The third kappa shape index (κ3) is 2.88. The summed E-state index contributed by atoms with van der Waals surface area (Å²) in [5.74, 6) is 0. The highest BCUT2D eigenvalue weighted by atomic mass is 32.1. The van der Waals surface area contributed by atoms with Crippen LogP contribution in [-0.2, 0) is 0 Å². The highest BCUT2D eigenvalue weighted by Crippen LogP contribution is 2.49. The van der Waals surface area contributed by atoms with Gasteiger partial charge in [0.2, 0.25) is 5.69 Å². The van der Waals surface area contributed by atoms with Crippen LogP contribution >= 0.6 is 11.3 Å². The largest absolute Gasteiger partial charge is 0.372 e. The van der Waals surface area contributed by atoms with E-state index in [9.17, 15) is 0 Å². The monoisotopic (exact) mass is 330 g/mol. The van der Waals surface area contributed by atoms with Crippen LogP contribution in [-0.4, -0.2) is 13.1 Å². The van der Waals surface area contributed by atoms with Gasteiger partial charge in [-0.25, -0.2) is 15.0 Å². The summed E-state index contributed by atoms with van der Waals surface area (Å²) in [6.45, 7) is 16.7. The Labute approximate surface area is 145 Å². The van der Waals surface area contributed by atoms with Crippen LogP contribution < -0.4 is 4.90 Å². The fourth-order valence-electron chi connectivity index (χ4n) is 2.86. The van der Waals surface area contributed by atoms with Crippen LogP contribution in [0.5, 0.6) is 0 Å². The summed E-state index contributed by atoms with van der Waals surface area (Å²) in [5.41, 5.74) is 2.44. The van der Waals surface area contributed by atoms with Crippen LogP contribution in [0.1, 0.15) is 17.7 Å². The van der Waals surface area contributed by atoms with E-state index < -0.39 is 0 Å². The zero-order valence-electron chi connectivity index (χ0n) is 13.0. The van der Waals surface area contributed by atoms with Crippen LogP contribution in [0.4, 0.5) is 10.7 Å². The van der Waals surface area contributed by atoms with Gasteiger partial charge in [-0.05, 0) is 24.5 Å². The van der Waals surface area contributed by atoms with Crippen molar-refractivity contribution >= 4 is 28.1 Å². The molecule has 1 fully saturated rings. The van der Waals surface area contributed by atoms with Crippen molar-refractivity contribution in [1.82, 2.24) is 0 Å². The van der Waals surface area contributed by atoms with Gasteiger partial charge in [-0.15, -0.1) is 11.3 Å². The molecule has 0 N–H and O–H groups in total. The molecule has 3 rings (SSSR count). The number of hydrogen-bond acceptors (Lipinski definition) is 3. The zero-order valence-corrected chi connectivity index (χ0v) is 13.8. The Morgan fingerprint density at radius 1 is 1.21 bits per heavy atom. The van der Waals surface area contributed by atoms with Crippen LogP contribution in [0.15, 0.2) is 36.0 Å². The maximum absolute atomic E-state index is 9.10. The molecule has 0 unspecified atom stereocenters. The summed E-state index contributed by atoms with van der Waals surface area (Å²) in [6, 6.07) is 11.6. The minimum absolute atomic E-state index is 0.0398. The van der Waals surface area contributed by atoms with Gasteiger partial charge in [0.15, 0.2) is 0 Å². The number of hydrogen-bond donors (Lipinski definition) is 0. The molecular weight excluding hydrogens is 316 g/mol. The molecular formula is C19H14N4S. The van der Waals surface area contributed by atoms with Crippen LogP contribution in [0, 0.1) is 24.5 Å². The molecule has 0 radical (unpaired) electrons. The Balaban J connectivity index is 2.24. The first-order chi connectivity index (χ1) is 11.8. The lowest BCUT2D eigenvalue weighted by Gasteiger charge is -2.15. The molecule has 0 atom stereocenters. The van der Waals surface area contributed by atoms with Crippen molar-refractivity contribution < 1.29 is 0 Å². The minimum atomic E-state index is 0.0398. The smallest absolute Gasteiger partial charge is 0.263 e. The average Bonchev–Trinajstić information content (AvgIpc) is 3.27. The lowest BCUT2D eigenvalue weighted by molar-refractivity contribution is 0.949. The molecule has 1 aromatic carbocycles. The summed E-state index contributed by atoms with van der Waals surface area (Å²) in [5, 5.41) is 10.0. The van der Waals surface area contributed by atoms with E-state index in [4.69, 9.17) is 18.4 Å². The molecule has 5 heteroatoms. The Morgan fingerprint density at radius 3 is 2.50 bits per heavy atom. The Kier molecular flexibility index (Phi) is 4.62. The standard InChI is InChI=1S/C19H14N4S/c1-21-15(13-20)12-16-17(14-8-4-3-5-9-14)18(22-2)19(24-16)23-10-6-7-11-23/h3-5,8-9,12H,6-7,10-11H2/b15-12-. The van der Waals surface area contributed by atoms with E-state index in [2.05, 4.69) is 14.6 Å². The number of anilines is 1. The molecule has 4 nitrogen and oxygen atoms in total. The Morgan fingerprint density at radius 2 is 1.92 bits per heavy atom. The highest BCUT2D eigenvalue weighted by molar-refractivity contribution is 7.18. The van der Waals surface area contributed by atoms with Gasteiger partial charge >= 0.3 is 0 Å². The zero-order chi connectivity index (χ0) is 16.9. The first kappa shape index (κ1) is 15.8. The van der Waals surface area contributed by atoms with E-state index in [1.165, 1.54) is 11.3 Å². The second-order valence-corrected chi connectivity index (χ2v) is 6.45. The maximum Gasteiger partial charge on any atom is 0.263 e. The van der Waals surface area contributed by atoms with Crippen molar-refractivity contribution in [2.75, 3.05) is 18.0 Å². The first-order valence-electron chi connectivity index (χ1n) is 7.62. The number of allylic oxidation sites excluding steroid dienone is 1. The van der Waals surface area contributed by atoms with Gasteiger partial charge in [-0.2, -0.15) is 0 Å². The van der Waals surface area contributed by atoms with Gasteiger partial charge in [0, 0.05) is 23.5 Å². The van der Waals surface area contributed by atoms with E-state index in [-0.39, 0.29) is 5.70 Å². The van der Waals surface area contributed by atoms with Gasteiger partial charge in [0.25, 0.3) is 5.70 Å². The number of nitriles is 1. The molecule has 1 saturated heterocycles. The Hall–Kier alpha value is -3.07. The predicted octanol–water partition coefficient (Wildman–Crippen LogP) is 5.35. The molecule has 0 spiro atoms. The summed E-state index contributed by atoms with van der Waals surface area (Å²) >= 11 is 1.50. The summed E-state index contributed by atoms with van der Waals surface area (Å²) < 4.78 is 0. The summed E-state index contributed by atoms with van der Waals surface area (Å²) in [7, 11) is 0. The third-order valence-electron chi connectivity index (χ3n) is 3.96. The van der Waals surface area contributed by atoms with Crippen LogP contribution in [0.3, 0.4) is 0 Å². The fraction of sp³-hybridized carbons (Fsp3) is 0.211. The van der Waals surface area contributed by atoms with Gasteiger partial charge in [0.05, 0.1) is 24.2 Å². The lowest BCUT2D eigenvalue weighted by Crippen LogP contribution is -2.16. The molecule has 2 heterocycles. The van der Waals surface area contributed by atoms with Crippen molar-refractivity contribution in [3.8, 4) is 17.2 Å². The Bertz CT molecular complexity index is 882. The predicted molar refractivity (Wildman–Crippen MR) is 97.7 cm³/mol. The van der Waals surface area contributed by atoms with E-state index >= 15 is 0 Å². The fourth-order valence-corrected chi connectivity index (χ4v) is 4.12. The molecule has 116 valence electrons. The average molecular weight is 330 g/mol. The van der Waals surface area contributed by atoms with E-state index in [0.29, 0.717) is 5.69 Å². The van der Waals surface area contributed by atoms with Gasteiger partial charge in [0.1, 0.15) is 0 Å². The molecule has 2 aromatic rings. The minimum Gasteiger partial charge on any atom is -0.372 e. The van der Waals surface area contributed by atoms with Crippen molar-refractivity contribution in [3.63, 3.8) is 0 Å². The molecule has 0 bridgehead atoms. The number of rotatable bonds is 3. The number of nitrogens with zero attached hydrogens (tertiary/aromatic N) is 4. The van der Waals surface area contributed by atoms with Crippen molar-refractivity contribution in [2.24, 2.45) is 0 Å². The van der Waals surface area contributed by atoms with Crippen molar-refractivity contribution in [2.45, 2.75) is 12.8 Å². The maximum atomic E-state index is 9.10. The van der Waals surface area contributed by atoms with E-state index in [1.807, 2.05) is 36.4 Å². The topological polar surface area (TPSA) is 35.8 Å². The second kappa shape index (κ2) is 7.01. The van der Waals surface area contributed by atoms with Crippen molar-refractivity contribution in [1.29, 1.82) is 5.26 Å². The van der Waals surface area contributed by atoms with Gasteiger partial charge in [-0.1, -0.05) is 30.3 Å². The normalized spacial score (nSPS) is 14.0. The summed E-state index contributed by atoms with van der Waals surface area (Å²) in [4.78, 5) is 10.1. The van der Waals surface area contributed by atoms with Gasteiger partial charge < -0.3 is 4.90 Å². The molecule has 0 aliphatic carbocycles. The van der Waals surface area contributed by atoms with Crippen LogP contribution in [0.2, 0.25) is 0 Å². The quantitative estimate of drug-likeness (QED) is 0.562. The summed E-state index contributed by atoms with van der Waals surface area (Å²) in [6.07, 6.45) is 3.87. The third-order valence-corrected chi connectivity index (χ3v) is 5.15. The molecule has 1 aliphatic heterocycles. The van der Waals surface area contributed by atoms with Gasteiger partial charge in [-0.3, -0.25) is 0 Å². The molecule has 24 heavy (non-hydrogen) atoms. The molecule has 1 aromatic heterocycles. The first-order valence-corrected chi connectivity index (χ1v) is 8.44. The highest BCUT2D eigenvalue weighted by Gasteiger charge is 2.24. The molecule has 0 saturated carbocycles. The molecule has 0 amide bonds.